The van der Waals surface area contributed by atoms with Gasteiger partial charge in [-0.1, -0.05) is 25.4 Å². The fourth-order valence-electron chi connectivity index (χ4n) is 2.20. The molecule has 0 atom stereocenters. The van der Waals surface area contributed by atoms with E-state index in [2.05, 4.69) is 25.7 Å². The van der Waals surface area contributed by atoms with Crippen molar-refractivity contribution >= 4 is 33.5 Å². The second kappa shape index (κ2) is 7.66. The van der Waals surface area contributed by atoms with Crippen LogP contribution in [-0.2, 0) is 4.74 Å². The Bertz CT molecular complexity index is 843. The summed E-state index contributed by atoms with van der Waals surface area (Å²) in [4.78, 5) is 16.2. The Morgan fingerprint density at radius 2 is 1.92 bits per heavy atom. The van der Waals surface area contributed by atoms with E-state index in [4.69, 9.17) is 16.3 Å². The minimum absolute atomic E-state index is 0.0416. The van der Waals surface area contributed by atoms with E-state index in [0.717, 1.165) is 7.11 Å². The van der Waals surface area contributed by atoms with Gasteiger partial charge in [-0.2, -0.15) is 0 Å². The quantitative estimate of drug-likeness (QED) is 0.347. The van der Waals surface area contributed by atoms with Crippen LogP contribution >= 0.6 is 27.5 Å². The minimum atomic E-state index is -1.13. The molecule has 8 heteroatoms. The number of benzene rings is 1. The number of pyridine rings is 1. The lowest BCUT2D eigenvalue weighted by atomic mass is 10.1. The van der Waals surface area contributed by atoms with E-state index in [1.165, 1.54) is 0 Å². The molecule has 25 heavy (non-hydrogen) atoms. The number of nitrogens with zero attached hydrogens (tertiary/aromatic N) is 1. The minimum Gasteiger partial charge on any atom is -0.465 e. The van der Waals surface area contributed by atoms with Crippen LogP contribution in [0.4, 0.5) is 8.78 Å². The first-order chi connectivity index (χ1) is 11.7. The molecular weight excluding hydrogens is 420 g/mol. The molecule has 0 saturated heterocycles. The average Bonchev–Trinajstić information content (AvgIpc) is 2.58. The number of carbonyl (C=O) groups excluding carboxylic acids is 1. The summed E-state index contributed by atoms with van der Waals surface area (Å²) >= 11 is 8.61. The maximum absolute atomic E-state index is 14.7. The van der Waals surface area contributed by atoms with Crippen LogP contribution in [0.1, 0.15) is 41.4 Å². The molecule has 0 amide bonds. The molecule has 0 aliphatic rings. The van der Waals surface area contributed by atoms with Crippen LogP contribution < -0.4 is 4.74 Å². The predicted molar refractivity (Wildman–Crippen MR) is 93.5 cm³/mol. The van der Waals surface area contributed by atoms with Gasteiger partial charge in [-0.05, 0) is 40.4 Å². The Balaban J connectivity index is 2.75. The lowest BCUT2D eigenvalue weighted by Crippen LogP contribution is -2.11. The molecule has 1 heterocycles. The van der Waals surface area contributed by atoms with Gasteiger partial charge in [0.15, 0.2) is 23.1 Å². The first-order valence-electron chi connectivity index (χ1n) is 7.28. The monoisotopic (exact) mass is 433 g/mol. The van der Waals surface area contributed by atoms with Crippen molar-refractivity contribution in [3.63, 3.8) is 0 Å². The van der Waals surface area contributed by atoms with E-state index in [-0.39, 0.29) is 16.1 Å². The maximum Gasteiger partial charge on any atom is 0.344 e. The van der Waals surface area contributed by atoms with Crippen molar-refractivity contribution in [2.24, 2.45) is 0 Å². The van der Waals surface area contributed by atoms with E-state index < -0.39 is 33.9 Å². The summed E-state index contributed by atoms with van der Waals surface area (Å²) in [7, 11) is 1.05. The molecule has 134 valence electrons. The third-order valence-electron chi connectivity index (χ3n) is 3.49. The summed E-state index contributed by atoms with van der Waals surface area (Å²) < 4.78 is 39.0. The molecule has 0 bridgehead atoms. The highest BCUT2D eigenvalue weighted by Gasteiger charge is 2.30. The van der Waals surface area contributed by atoms with E-state index in [1.807, 2.05) is 13.8 Å². The van der Waals surface area contributed by atoms with Gasteiger partial charge in [-0.15, -0.1) is 0 Å². The Hall–Kier alpha value is -1.73. The Morgan fingerprint density at radius 1 is 1.28 bits per heavy atom. The summed E-state index contributed by atoms with van der Waals surface area (Å²) in [6.45, 7) is 5.50. The van der Waals surface area contributed by atoms with Crippen molar-refractivity contribution in [3.8, 4) is 11.5 Å². The van der Waals surface area contributed by atoms with Crippen LogP contribution in [0, 0.1) is 18.6 Å². The van der Waals surface area contributed by atoms with Crippen molar-refractivity contribution in [1.82, 2.24) is 4.98 Å². The summed E-state index contributed by atoms with van der Waals surface area (Å²) in [5.41, 5.74) is 0.480. The summed E-state index contributed by atoms with van der Waals surface area (Å²) in [6.07, 6.45) is 1.59. The number of aryl methyl sites for hydroxylation is 1. The van der Waals surface area contributed by atoms with Crippen LogP contribution in [0.5, 0.6) is 11.5 Å². The first kappa shape index (κ1) is 19.6. The molecule has 0 saturated carbocycles. The van der Waals surface area contributed by atoms with Crippen molar-refractivity contribution in [2.75, 3.05) is 7.11 Å². The standard InChI is InChI=1S/C17H15BrClF2NO3/c1-7(2)14-15(8(3)5-6-22-14)25-16-9(17(23)24-4)12(20)11(19)10(18)13(16)21/h5-7H,1-4H3. The highest BCUT2D eigenvalue weighted by molar-refractivity contribution is 9.10. The predicted octanol–water partition coefficient (Wildman–Crippen LogP) is 5.79. The van der Waals surface area contributed by atoms with Gasteiger partial charge < -0.3 is 9.47 Å². The van der Waals surface area contributed by atoms with Gasteiger partial charge in [0.1, 0.15) is 5.56 Å². The molecular formula is C17H15BrClF2NO3. The number of ether oxygens (including phenoxy) is 2. The Morgan fingerprint density at radius 3 is 2.48 bits per heavy atom. The number of hydrogen-bond acceptors (Lipinski definition) is 4. The Kier molecular flexibility index (Phi) is 6.00. The second-order valence-corrected chi connectivity index (χ2v) is 6.72. The molecule has 2 rings (SSSR count). The third kappa shape index (κ3) is 3.62. The molecule has 2 aromatic rings. The van der Waals surface area contributed by atoms with Crippen molar-refractivity contribution in [1.29, 1.82) is 0 Å². The van der Waals surface area contributed by atoms with Crippen molar-refractivity contribution in [3.05, 3.63) is 50.2 Å². The topological polar surface area (TPSA) is 48.4 Å². The lowest BCUT2D eigenvalue weighted by Gasteiger charge is -2.18. The highest BCUT2D eigenvalue weighted by Crippen LogP contribution is 2.42. The SMILES string of the molecule is COC(=O)c1c(F)c(Cl)c(Br)c(F)c1Oc1c(C)ccnc1C(C)C. The summed E-state index contributed by atoms with van der Waals surface area (Å²) in [6, 6.07) is 1.66. The third-order valence-corrected chi connectivity index (χ3v) is 4.82. The zero-order chi connectivity index (χ0) is 18.9. The number of carbonyl (C=O) groups is 1. The molecule has 0 radical (unpaired) electrons. The van der Waals surface area contributed by atoms with Crippen LogP contribution in [0.15, 0.2) is 16.7 Å². The molecule has 0 aliphatic carbocycles. The largest absolute Gasteiger partial charge is 0.465 e. The first-order valence-corrected chi connectivity index (χ1v) is 8.45. The van der Waals surface area contributed by atoms with Gasteiger partial charge in [0.25, 0.3) is 0 Å². The number of esters is 1. The van der Waals surface area contributed by atoms with E-state index in [0.29, 0.717) is 11.3 Å². The normalized spacial score (nSPS) is 10.9. The molecule has 4 nitrogen and oxygen atoms in total. The zero-order valence-electron chi connectivity index (χ0n) is 13.9. The van der Waals surface area contributed by atoms with Crippen LogP contribution in [0.25, 0.3) is 0 Å². The molecule has 0 N–H and O–H groups in total. The molecule has 0 aliphatic heterocycles. The van der Waals surface area contributed by atoms with Crippen LogP contribution in [0.2, 0.25) is 5.02 Å². The molecule has 0 spiro atoms. The van der Waals surface area contributed by atoms with E-state index in [9.17, 15) is 13.6 Å². The summed E-state index contributed by atoms with van der Waals surface area (Å²) in [5.74, 6) is -3.66. The number of halogens is 4. The Labute approximate surface area is 157 Å². The number of rotatable bonds is 4. The van der Waals surface area contributed by atoms with Gasteiger partial charge in [-0.25, -0.2) is 13.6 Å². The number of hydrogen-bond donors (Lipinski definition) is 0. The molecule has 1 aromatic carbocycles. The van der Waals surface area contributed by atoms with Gasteiger partial charge in [0.05, 0.1) is 22.3 Å². The number of aromatic nitrogens is 1. The fourth-order valence-corrected chi connectivity index (χ4v) is 2.74. The van der Waals surface area contributed by atoms with E-state index >= 15 is 0 Å². The molecule has 0 fully saturated rings. The second-order valence-electron chi connectivity index (χ2n) is 5.55. The molecule has 1 aromatic heterocycles. The van der Waals surface area contributed by atoms with Crippen molar-refractivity contribution < 1.29 is 23.0 Å². The zero-order valence-corrected chi connectivity index (χ0v) is 16.3. The number of methoxy groups -OCH3 is 1. The smallest absolute Gasteiger partial charge is 0.344 e. The fraction of sp³-hybridized carbons (Fsp3) is 0.294. The van der Waals surface area contributed by atoms with E-state index in [1.54, 1.807) is 19.2 Å². The van der Waals surface area contributed by atoms with Gasteiger partial charge >= 0.3 is 5.97 Å². The maximum atomic E-state index is 14.7. The van der Waals surface area contributed by atoms with Crippen molar-refractivity contribution in [2.45, 2.75) is 26.7 Å². The highest BCUT2D eigenvalue weighted by atomic mass is 79.9. The molecule has 0 unspecified atom stereocenters. The van der Waals surface area contributed by atoms with Gasteiger partial charge in [0, 0.05) is 6.20 Å². The van der Waals surface area contributed by atoms with Gasteiger partial charge in [0.2, 0.25) is 0 Å². The lowest BCUT2D eigenvalue weighted by molar-refractivity contribution is 0.0591. The van der Waals surface area contributed by atoms with Gasteiger partial charge in [-0.3, -0.25) is 4.98 Å². The average molecular weight is 435 g/mol. The summed E-state index contributed by atoms with van der Waals surface area (Å²) in [5, 5.41) is -0.572. The van der Waals surface area contributed by atoms with Crippen LogP contribution in [-0.4, -0.2) is 18.1 Å². The van der Waals surface area contributed by atoms with Crippen LogP contribution in [0.3, 0.4) is 0 Å².